The molecular weight excluding hydrogens is 290 g/mol. The number of nitrogens with zero attached hydrogens (tertiary/aromatic N) is 1. The minimum Gasteiger partial charge on any atom is -0.444 e. The van der Waals surface area contributed by atoms with E-state index in [-0.39, 0.29) is 11.8 Å². The molecule has 0 radical (unpaired) electrons. The molecule has 0 aliphatic heterocycles. The van der Waals surface area contributed by atoms with Crippen molar-refractivity contribution in [3.8, 4) is 11.5 Å². The van der Waals surface area contributed by atoms with Crippen LogP contribution < -0.4 is 11.1 Å². The van der Waals surface area contributed by atoms with Crippen LogP contribution in [0.1, 0.15) is 38.3 Å². The predicted molar refractivity (Wildman–Crippen MR) is 89.9 cm³/mol. The molecule has 2 aromatic rings. The number of nitrogens with two attached hydrogens (primary N) is 1. The van der Waals surface area contributed by atoms with Gasteiger partial charge in [0, 0.05) is 16.8 Å². The smallest absolute Gasteiger partial charge is 0.229 e. The highest BCUT2D eigenvalue weighted by molar-refractivity contribution is 5.94. The fourth-order valence-electron chi connectivity index (χ4n) is 3.23. The van der Waals surface area contributed by atoms with Crippen LogP contribution in [0.3, 0.4) is 0 Å². The quantitative estimate of drug-likeness (QED) is 0.908. The molecule has 1 aromatic carbocycles. The van der Waals surface area contributed by atoms with Crippen LogP contribution in [-0.2, 0) is 4.79 Å². The molecule has 1 amide bonds. The number of aromatic nitrogens is 1. The van der Waals surface area contributed by atoms with E-state index in [2.05, 4.69) is 10.3 Å². The summed E-state index contributed by atoms with van der Waals surface area (Å²) in [4.78, 5) is 16.9. The molecule has 1 aromatic heterocycles. The normalized spacial score (nSPS) is 24.4. The Kier molecular flexibility index (Phi) is 4.22. The van der Waals surface area contributed by atoms with E-state index in [1.54, 1.807) is 6.26 Å². The fourth-order valence-corrected chi connectivity index (χ4v) is 3.23. The van der Waals surface area contributed by atoms with Crippen molar-refractivity contribution in [2.24, 2.45) is 11.7 Å². The minimum atomic E-state index is -0.431. The van der Waals surface area contributed by atoms with Gasteiger partial charge >= 0.3 is 0 Å². The number of hydrogen-bond acceptors (Lipinski definition) is 4. The Balaban J connectivity index is 1.76. The second-order valence-corrected chi connectivity index (χ2v) is 6.67. The summed E-state index contributed by atoms with van der Waals surface area (Å²) in [5.41, 5.74) is 8.30. The third kappa shape index (κ3) is 3.45. The molecule has 0 spiro atoms. The topological polar surface area (TPSA) is 81.2 Å². The van der Waals surface area contributed by atoms with Crippen molar-refractivity contribution in [1.82, 2.24) is 4.98 Å². The first-order valence-electron chi connectivity index (χ1n) is 8.08. The summed E-state index contributed by atoms with van der Waals surface area (Å²) in [5, 5.41) is 3.00. The zero-order chi connectivity index (χ0) is 16.4. The second-order valence-electron chi connectivity index (χ2n) is 6.67. The highest BCUT2D eigenvalue weighted by atomic mass is 16.3. The lowest BCUT2D eigenvalue weighted by molar-refractivity contribution is -0.122. The van der Waals surface area contributed by atoms with E-state index in [4.69, 9.17) is 10.2 Å². The summed E-state index contributed by atoms with van der Waals surface area (Å²) in [6, 6.07) is 7.54. The molecule has 0 saturated heterocycles. The van der Waals surface area contributed by atoms with Gasteiger partial charge in [-0.25, -0.2) is 4.98 Å². The maximum absolute atomic E-state index is 12.6. The van der Waals surface area contributed by atoms with Crippen LogP contribution in [0.5, 0.6) is 0 Å². The number of rotatable bonds is 3. The standard InChI is InChI=1S/C18H23N3O2/c1-12-11-23-17(20-12)13-6-5-7-14(10-13)21-16(22)15-8-3-4-9-18(15,2)19/h5-7,10-11,15H,3-4,8-9,19H2,1-2H3,(H,21,22). The van der Waals surface area contributed by atoms with Crippen molar-refractivity contribution in [2.45, 2.75) is 45.1 Å². The van der Waals surface area contributed by atoms with Crippen LogP contribution >= 0.6 is 0 Å². The number of oxazole rings is 1. The SMILES string of the molecule is Cc1coc(-c2cccc(NC(=O)C3CCCCC3(C)N)c2)n1. The van der Waals surface area contributed by atoms with E-state index in [1.165, 1.54) is 0 Å². The monoisotopic (exact) mass is 313 g/mol. The van der Waals surface area contributed by atoms with Gasteiger partial charge in [0.1, 0.15) is 6.26 Å². The lowest BCUT2D eigenvalue weighted by Gasteiger charge is -2.37. The van der Waals surface area contributed by atoms with Gasteiger partial charge in [-0.2, -0.15) is 0 Å². The fraction of sp³-hybridized carbons (Fsp3) is 0.444. The van der Waals surface area contributed by atoms with E-state index < -0.39 is 5.54 Å². The molecule has 5 nitrogen and oxygen atoms in total. The summed E-state index contributed by atoms with van der Waals surface area (Å²) in [6.07, 6.45) is 5.50. The summed E-state index contributed by atoms with van der Waals surface area (Å²) in [5.74, 6) is 0.402. The Bertz CT molecular complexity index is 706. The number of benzene rings is 1. The van der Waals surface area contributed by atoms with Gasteiger partial charge in [-0.15, -0.1) is 0 Å². The summed E-state index contributed by atoms with van der Waals surface area (Å²) >= 11 is 0. The molecule has 1 aliphatic rings. The van der Waals surface area contributed by atoms with Crippen LogP contribution in [0.4, 0.5) is 5.69 Å². The van der Waals surface area contributed by atoms with E-state index in [0.717, 1.165) is 42.6 Å². The minimum absolute atomic E-state index is 0.00423. The van der Waals surface area contributed by atoms with Gasteiger partial charge in [0.2, 0.25) is 11.8 Å². The molecule has 23 heavy (non-hydrogen) atoms. The van der Waals surface area contributed by atoms with Crippen molar-refractivity contribution in [2.75, 3.05) is 5.32 Å². The molecule has 2 unspecified atom stereocenters. The van der Waals surface area contributed by atoms with Gasteiger partial charge in [-0.3, -0.25) is 4.79 Å². The highest BCUT2D eigenvalue weighted by Crippen LogP contribution is 2.32. The van der Waals surface area contributed by atoms with Gasteiger partial charge < -0.3 is 15.5 Å². The van der Waals surface area contributed by atoms with Gasteiger partial charge in [-0.05, 0) is 44.9 Å². The van der Waals surface area contributed by atoms with E-state index in [9.17, 15) is 4.79 Å². The van der Waals surface area contributed by atoms with E-state index >= 15 is 0 Å². The van der Waals surface area contributed by atoms with Crippen LogP contribution in [0, 0.1) is 12.8 Å². The molecule has 1 fully saturated rings. The number of carbonyl (C=O) groups excluding carboxylic acids is 1. The van der Waals surface area contributed by atoms with Gasteiger partial charge in [-0.1, -0.05) is 18.9 Å². The first kappa shape index (κ1) is 15.7. The lowest BCUT2D eigenvalue weighted by Crippen LogP contribution is -2.51. The first-order chi connectivity index (χ1) is 11.0. The van der Waals surface area contributed by atoms with Crippen molar-refractivity contribution in [1.29, 1.82) is 0 Å². The van der Waals surface area contributed by atoms with Crippen LogP contribution in [0.2, 0.25) is 0 Å². The number of hydrogen-bond donors (Lipinski definition) is 2. The molecular formula is C18H23N3O2. The summed E-state index contributed by atoms with van der Waals surface area (Å²) in [6.45, 7) is 3.85. The van der Waals surface area contributed by atoms with Gasteiger partial charge in [0.25, 0.3) is 0 Å². The summed E-state index contributed by atoms with van der Waals surface area (Å²) < 4.78 is 5.42. The molecule has 1 saturated carbocycles. The van der Waals surface area contributed by atoms with Gasteiger partial charge in [0.05, 0.1) is 11.6 Å². The molecule has 3 rings (SSSR count). The largest absolute Gasteiger partial charge is 0.444 e. The Morgan fingerprint density at radius 3 is 2.96 bits per heavy atom. The molecule has 5 heteroatoms. The number of aryl methyl sites for hydroxylation is 1. The zero-order valence-electron chi connectivity index (χ0n) is 13.6. The number of amides is 1. The van der Waals surface area contributed by atoms with E-state index in [1.807, 2.05) is 38.1 Å². The average molecular weight is 313 g/mol. The maximum atomic E-state index is 12.6. The van der Waals surface area contributed by atoms with Crippen LogP contribution in [-0.4, -0.2) is 16.4 Å². The molecule has 122 valence electrons. The number of anilines is 1. The number of nitrogens with one attached hydrogen (secondary N) is 1. The van der Waals surface area contributed by atoms with Crippen LogP contribution in [0.15, 0.2) is 34.9 Å². The Morgan fingerprint density at radius 1 is 1.43 bits per heavy atom. The highest BCUT2D eigenvalue weighted by Gasteiger charge is 2.37. The average Bonchev–Trinajstić information content (AvgIpc) is 2.93. The maximum Gasteiger partial charge on any atom is 0.229 e. The predicted octanol–water partition coefficient (Wildman–Crippen LogP) is 3.50. The lowest BCUT2D eigenvalue weighted by atomic mass is 9.74. The first-order valence-corrected chi connectivity index (χ1v) is 8.08. The summed E-state index contributed by atoms with van der Waals surface area (Å²) in [7, 11) is 0. The Morgan fingerprint density at radius 2 is 2.26 bits per heavy atom. The second kappa shape index (κ2) is 6.16. The third-order valence-corrected chi connectivity index (χ3v) is 4.57. The van der Waals surface area contributed by atoms with Crippen molar-refractivity contribution in [3.63, 3.8) is 0 Å². The Hall–Kier alpha value is -2.14. The zero-order valence-corrected chi connectivity index (χ0v) is 13.6. The van der Waals surface area contributed by atoms with Crippen molar-refractivity contribution < 1.29 is 9.21 Å². The molecule has 1 aliphatic carbocycles. The molecule has 0 bridgehead atoms. The van der Waals surface area contributed by atoms with Crippen LogP contribution in [0.25, 0.3) is 11.5 Å². The van der Waals surface area contributed by atoms with Crippen molar-refractivity contribution in [3.05, 3.63) is 36.2 Å². The number of carbonyl (C=O) groups is 1. The van der Waals surface area contributed by atoms with E-state index in [0.29, 0.717) is 5.89 Å². The van der Waals surface area contributed by atoms with Crippen molar-refractivity contribution >= 4 is 11.6 Å². The third-order valence-electron chi connectivity index (χ3n) is 4.57. The molecule has 1 heterocycles. The Labute approximate surface area is 136 Å². The van der Waals surface area contributed by atoms with Gasteiger partial charge in [0.15, 0.2) is 0 Å². The molecule has 2 atom stereocenters. The molecule has 3 N–H and O–H groups in total.